The fraction of sp³-hybridized carbons (Fsp3) is 0.615. The van der Waals surface area contributed by atoms with Crippen molar-refractivity contribution >= 4 is 10.0 Å². The molecule has 1 saturated heterocycles. The monoisotopic (exact) mass is 299 g/mol. The predicted octanol–water partition coefficient (Wildman–Crippen LogP) is 0.466. The Kier molecular flexibility index (Phi) is 4.43. The van der Waals surface area contributed by atoms with Gasteiger partial charge in [-0.05, 0) is 38.3 Å². The van der Waals surface area contributed by atoms with E-state index in [-0.39, 0.29) is 11.4 Å². The Morgan fingerprint density at radius 3 is 2.75 bits per heavy atom. The van der Waals surface area contributed by atoms with E-state index in [1.165, 1.54) is 16.6 Å². The molecule has 1 aromatic rings. The van der Waals surface area contributed by atoms with E-state index in [0.29, 0.717) is 38.0 Å². The standard InChI is InChI=1S/C13H21N3O3S/c1-13(17)5-2-7-16(8-6-13)20(18,19)12-4-3-11(9-14)15-10-12/h3-4,10,17H,2,5-9,14H2,1H3. The summed E-state index contributed by atoms with van der Waals surface area (Å²) in [4.78, 5) is 4.21. The lowest BCUT2D eigenvalue weighted by Gasteiger charge is -2.22. The van der Waals surface area contributed by atoms with Crippen molar-refractivity contribution in [1.82, 2.24) is 9.29 Å². The molecule has 1 aliphatic rings. The molecule has 7 heteroatoms. The van der Waals surface area contributed by atoms with Crippen LogP contribution in [0.1, 0.15) is 31.9 Å². The van der Waals surface area contributed by atoms with Gasteiger partial charge >= 0.3 is 0 Å². The summed E-state index contributed by atoms with van der Waals surface area (Å²) in [5, 5.41) is 10.0. The summed E-state index contributed by atoms with van der Waals surface area (Å²) in [5.74, 6) is 0. The van der Waals surface area contributed by atoms with Crippen molar-refractivity contribution in [3.05, 3.63) is 24.0 Å². The summed E-state index contributed by atoms with van der Waals surface area (Å²) in [6.45, 7) is 2.79. The lowest BCUT2D eigenvalue weighted by molar-refractivity contribution is 0.0465. The summed E-state index contributed by atoms with van der Waals surface area (Å²) in [6.07, 6.45) is 3.06. The maximum atomic E-state index is 12.5. The van der Waals surface area contributed by atoms with E-state index >= 15 is 0 Å². The molecule has 1 aromatic heterocycles. The Bertz CT molecular complexity index is 555. The zero-order valence-corrected chi connectivity index (χ0v) is 12.4. The van der Waals surface area contributed by atoms with Crippen LogP contribution in [0.2, 0.25) is 0 Å². The Hall–Kier alpha value is -1.02. The fourth-order valence-corrected chi connectivity index (χ4v) is 3.74. The molecule has 2 rings (SSSR count). The highest BCUT2D eigenvalue weighted by molar-refractivity contribution is 7.89. The molecule has 0 aliphatic carbocycles. The van der Waals surface area contributed by atoms with Gasteiger partial charge in [0.1, 0.15) is 4.90 Å². The van der Waals surface area contributed by atoms with E-state index in [9.17, 15) is 13.5 Å². The van der Waals surface area contributed by atoms with Crippen LogP contribution < -0.4 is 5.73 Å². The average Bonchev–Trinajstić information content (AvgIpc) is 2.60. The van der Waals surface area contributed by atoms with Gasteiger partial charge in [-0.2, -0.15) is 4.31 Å². The van der Waals surface area contributed by atoms with E-state index in [2.05, 4.69) is 4.98 Å². The van der Waals surface area contributed by atoms with Crippen molar-refractivity contribution in [3.8, 4) is 0 Å². The van der Waals surface area contributed by atoms with Crippen LogP contribution in [0.4, 0.5) is 0 Å². The predicted molar refractivity (Wildman–Crippen MR) is 75.4 cm³/mol. The van der Waals surface area contributed by atoms with Crippen LogP contribution >= 0.6 is 0 Å². The van der Waals surface area contributed by atoms with Crippen molar-refractivity contribution in [3.63, 3.8) is 0 Å². The van der Waals surface area contributed by atoms with Crippen LogP contribution in [0, 0.1) is 0 Å². The summed E-state index contributed by atoms with van der Waals surface area (Å²) >= 11 is 0. The number of nitrogens with zero attached hydrogens (tertiary/aromatic N) is 2. The maximum absolute atomic E-state index is 12.5. The summed E-state index contributed by atoms with van der Waals surface area (Å²) in [6, 6.07) is 3.16. The third-order valence-electron chi connectivity index (χ3n) is 3.67. The Morgan fingerprint density at radius 1 is 1.40 bits per heavy atom. The third-order valence-corrected chi connectivity index (χ3v) is 5.55. The molecule has 0 aromatic carbocycles. The van der Waals surface area contributed by atoms with E-state index in [1.54, 1.807) is 13.0 Å². The second-order valence-corrected chi connectivity index (χ2v) is 7.38. The average molecular weight is 299 g/mol. The Morgan fingerprint density at radius 2 is 2.15 bits per heavy atom. The maximum Gasteiger partial charge on any atom is 0.244 e. The van der Waals surface area contributed by atoms with Crippen LogP contribution in [0.25, 0.3) is 0 Å². The second kappa shape index (κ2) is 5.77. The number of nitrogens with two attached hydrogens (primary N) is 1. The molecule has 1 aliphatic heterocycles. The van der Waals surface area contributed by atoms with Crippen molar-refractivity contribution in [2.24, 2.45) is 5.73 Å². The lowest BCUT2D eigenvalue weighted by atomic mass is 9.98. The molecular formula is C13H21N3O3S. The molecule has 2 heterocycles. The van der Waals surface area contributed by atoms with Crippen LogP contribution in [0.15, 0.2) is 23.2 Å². The Balaban J connectivity index is 2.20. The Labute approximate surface area is 119 Å². The summed E-state index contributed by atoms with van der Waals surface area (Å²) in [5.41, 5.74) is 5.32. The minimum absolute atomic E-state index is 0.177. The summed E-state index contributed by atoms with van der Waals surface area (Å²) < 4.78 is 26.5. The largest absolute Gasteiger partial charge is 0.390 e. The highest BCUT2D eigenvalue weighted by Gasteiger charge is 2.31. The minimum atomic E-state index is -3.54. The number of hydrogen-bond donors (Lipinski definition) is 2. The third kappa shape index (κ3) is 3.35. The number of rotatable bonds is 3. The highest BCUT2D eigenvalue weighted by atomic mass is 32.2. The van der Waals surface area contributed by atoms with Gasteiger partial charge in [0, 0.05) is 25.8 Å². The zero-order valence-electron chi connectivity index (χ0n) is 11.6. The van der Waals surface area contributed by atoms with E-state index in [1.807, 2.05) is 0 Å². The molecule has 0 spiro atoms. The SMILES string of the molecule is CC1(O)CCCN(S(=O)(=O)c2ccc(CN)nc2)CC1. The smallest absolute Gasteiger partial charge is 0.244 e. The molecule has 112 valence electrons. The second-order valence-electron chi connectivity index (χ2n) is 5.44. The number of aromatic nitrogens is 1. The number of aliphatic hydroxyl groups is 1. The lowest BCUT2D eigenvalue weighted by Crippen LogP contribution is -2.33. The van der Waals surface area contributed by atoms with Gasteiger partial charge in [-0.25, -0.2) is 8.42 Å². The van der Waals surface area contributed by atoms with Crippen LogP contribution in [-0.2, 0) is 16.6 Å². The van der Waals surface area contributed by atoms with Gasteiger partial charge in [-0.1, -0.05) is 0 Å². The van der Waals surface area contributed by atoms with Gasteiger partial charge in [0.15, 0.2) is 0 Å². The first-order valence-corrected chi connectivity index (χ1v) is 8.17. The zero-order chi connectivity index (χ0) is 14.8. The van der Waals surface area contributed by atoms with Crippen LogP contribution in [-0.4, -0.2) is 41.5 Å². The van der Waals surface area contributed by atoms with Crippen LogP contribution in [0.5, 0.6) is 0 Å². The van der Waals surface area contributed by atoms with Gasteiger partial charge < -0.3 is 10.8 Å². The van der Waals surface area contributed by atoms with Gasteiger partial charge in [0.25, 0.3) is 0 Å². The first kappa shape index (κ1) is 15.4. The molecule has 1 atom stereocenters. The molecular weight excluding hydrogens is 278 g/mol. The van der Waals surface area contributed by atoms with Crippen molar-refractivity contribution < 1.29 is 13.5 Å². The molecule has 0 radical (unpaired) electrons. The molecule has 20 heavy (non-hydrogen) atoms. The number of sulfonamides is 1. The fourth-order valence-electron chi connectivity index (χ4n) is 2.31. The quantitative estimate of drug-likeness (QED) is 0.845. The molecule has 6 nitrogen and oxygen atoms in total. The summed E-state index contributed by atoms with van der Waals surface area (Å²) in [7, 11) is -3.54. The van der Waals surface area contributed by atoms with Gasteiger partial charge in [-0.15, -0.1) is 0 Å². The van der Waals surface area contributed by atoms with Crippen molar-refractivity contribution in [2.45, 2.75) is 43.2 Å². The number of pyridine rings is 1. The normalized spacial score (nSPS) is 25.4. The first-order chi connectivity index (χ1) is 9.35. The van der Waals surface area contributed by atoms with E-state index < -0.39 is 15.6 Å². The van der Waals surface area contributed by atoms with E-state index in [0.717, 1.165) is 0 Å². The molecule has 3 N–H and O–H groups in total. The van der Waals surface area contributed by atoms with Crippen molar-refractivity contribution in [1.29, 1.82) is 0 Å². The van der Waals surface area contributed by atoms with Gasteiger partial charge in [0.2, 0.25) is 10.0 Å². The molecule has 0 saturated carbocycles. The van der Waals surface area contributed by atoms with Gasteiger partial charge in [0.05, 0.1) is 11.3 Å². The minimum Gasteiger partial charge on any atom is -0.390 e. The molecule has 0 bridgehead atoms. The van der Waals surface area contributed by atoms with Crippen molar-refractivity contribution in [2.75, 3.05) is 13.1 Å². The highest BCUT2D eigenvalue weighted by Crippen LogP contribution is 2.25. The van der Waals surface area contributed by atoms with Gasteiger partial charge in [-0.3, -0.25) is 4.98 Å². The van der Waals surface area contributed by atoms with E-state index in [4.69, 9.17) is 5.73 Å². The first-order valence-electron chi connectivity index (χ1n) is 6.73. The topological polar surface area (TPSA) is 96.5 Å². The number of hydrogen-bond acceptors (Lipinski definition) is 5. The molecule has 0 amide bonds. The molecule has 1 unspecified atom stereocenters. The molecule has 1 fully saturated rings. The van der Waals surface area contributed by atoms with Crippen LogP contribution in [0.3, 0.4) is 0 Å².